The molecule has 0 aromatic carbocycles. The smallest absolute Gasteiger partial charge is 0.220 e. The lowest BCUT2D eigenvalue weighted by atomic mass is 10.0. The fourth-order valence-electron chi connectivity index (χ4n) is 4.56. The lowest BCUT2D eigenvalue weighted by molar-refractivity contribution is 0.0322. The Labute approximate surface area is 211 Å². The van der Waals surface area contributed by atoms with Crippen molar-refractivity contribution < 1.29 is 14.6 Å². The van der Waals surface area contributed by atoms with Gasteiger partial charge in [0.25, 0.3) is 0 Å². The number of morpholine rings is 1. The van der Waals surface area contributed by atoms with E-state index in [9.17, 15) is 5.11 Å². The Kier molecular flexibility index (Phi) is 6.84. The zero-order valence-corrected chi connectivity index (χ0v) is 21.2. The van der Waals surface area contributed by atoms with E-state index in [1.165, 1.54) is 0 Å². The molecule has 1 saturated heterocycles. The quantitative estimate of drug-likeness (QED) is 0.487. The Morgan fingerprint density at radius 2 is 2.03 bits per heavy atom. The van der Waals surface area contributed by atoms with Crippen LogP contribution < -0.4 is 10.5 Å². The first-order valence-electron chi connectivity index (χ1n) is 12.6. The molecule has 9 heteroatoms. The standard InChI is InChI=1S/C27H34N6O3/c1-18(2)33-17-22(21-14-20(29-15-23(21)33)6-7-27(3,34)19-4-5-19)25-24(16-30-26(28)31-25)36-13-10-32-8-11-35-12-9-32/h14-19,34H,4-5,8-13H2,1-3H3,(H2,28,30,31). The minimum absolute atomic E-state index is 0.186. The minimum atomic E-state index is -0.994. The van der Waals surface area contributed by atoms with Gasteiger partial charge in [0, 0.05) is 42.8 Å². The number of fused-ring (bicyclic) bond motifs is 1. The highest BCUT2D eigenvalue weighted by atomic mass is 16.5. The highest BCUT2D eigenvalue weighted by Crippen LogP contribution is 2.39. The number of hydrogen-bond acceptors (Lipinski definition) is 8. The maximum atomic E-state index is 10.6. The van der Waals surface area contributed by atoms with Gasteiger partial charge in [0.1, 0.15) is 23.6 Å². The third kappa shape index (κ3) is 5.31. The van der Waals surface area contributed by atoms with Gasteiger partial charge in [-0.25, -0.2) is 15.0 Å². The topological polar surface area (TPSA) is 112 Å². The van der Waals surface area contributed by atoms with E-state index in [1.807, 2.05) is 12.3 Å². The van der Waals surface area contributed by atoms with Crippen molar-refractivity contribution in [3.63, 3.8) is 0 Å². The maximum absolute atomic E-state index is 10.6. The molecule has 3 aromatic heterocycles. The second-order valence-corrected chi connectivity index (χ2v) is 10.0. The fraction of sp³-hybridized carbons (Fsp3) is 0.519. The van der Waals surface area contributed by atoms with E-state index in [0.29, 0.717) is 23.7 Å². The van der Waals surface area contributed by atoms with Crippen LogP contribution in [0.4, 0.5) is 5.95 Å². The van der Waals surface area contributed by atoms with Crippen LogP contribution in [0.1, 0.15) is 45.3 Å². The Morgan fingerprint density at radius 1 is 1.25 bits per heavy atom. The summed E-state index contributed by atoms with van der Waals surface area (Å²) in [5.41, 5.74) is 8.11. The molecule has 0 amide bonds. The molecule has 2 aliphatic rings. The summed E-state index contributed by atoms with van der Waals surface area (Å²) in [6.07, 6.45) is 7.56. The molecule has 1 saturated carbocycles. The van der Waals surface area contributed by atoms with Crippen molar-refractivity contribution in [2.24, 2.45) is 5.92 Å². The molecule has 1 aliphatic carbocycles. The van der Waals surface area contributed by atoms with E-state index >= 15 is 0 Å². The second kappa shape index (κ2) is 10.1. The summed E-state index contributed by atoms with van der Waals surface area (Å²) in [6, 6.07) is 2.16. The summed E-state index contributed by atoms with van der Waals surface area (Å²) < 4.78 is 13.8. The maximum Gasteiger partial charge on any atom is 0.220 e. The number of nitrogen functional groups attached to an aromatic ring is 1. The molecule has 0 spiro atoms. The number of aromatic nitrogens is 4. The predicted molar refractivity (Wildman–Crippen MR) is 139 cm³/mol. The first-order valence-corrected chi connectivity index (χ1v) is 12.6. The number of nitrogens with zero attached hydrogens (tertiary/aromatic N) is 5. The fourth-order valence-corrected chi connectivity index (χ4v) is 4.56. The minimum Gasteiger partial charge on any atom is -0.488 e. The lowest BCUT2D eigenvalue weighted by Crippen LogP contribution is -2.38. The summed E-state index contributed by atoms with van der Waals surface area (Å²) in [6.45, 7) is 10.6. The van der Waals surface area contributed by atoms with Gasteiger partial charge in [0.2, 0.25) is 5.95 Å². The van der Waals surface area contributed by atoms with E-state index in [1.54, 1.807) is 13.1 Å². The largest absolute Gasteiger partial charge is 0.488 e. The molecule has 36 heavy (non-hydrogen) atoms. The number of aliphatic hydroxyl groups is 1. The van der Waals surface area contributed by atoms with Gasteiger partial charge in [-0.15, -0.1) is 0 Å². The monoisotopic (exact) mass is 490 g/mol. The van der Waals surface area contributed by atoms with E-state index in [2.05, 4.69) is 56.3 Å². The van der Waals surface area contributed by atoms with Gasteiger partial charge in [-0.2, -0.15) is 0 Å². The van der Waals surface area contributed by atoms with Crippen LogP contribution >= 0.6 is 0 Å². The van der Waals surface area contributed by atoms with Gasteiger partial charge in [0.15, 0.2) is 5.75 Å². The van der Waals surface area contributed by atoms with Crippen LogP contribution in [-0.4, -0.2) is 74.6 Å². The van der Waals surface area contributed by atoms with Crippen LogP contribution in [-0.2, 0) is 4.74 Å². The second-order valence-electron chi connectivity index (χ2n) is 10.0. The highest BCUT2D eigenvalue weighted by molar-refractivity contribution is 5.96. The average Bonchev–Trinajstić information content (AvgIpc) is 3.66. The molecular weight excluding hydrogens is 456 g/mol. The summed E-state index contributed by atoms with van der Waals surface area (Å²) in [5.74, 6) is 7.12. The molecule has 4 heterocycles. The third-order valence-corrected chi connectivity index (χ3v) is 6.89. The van der Waals surface area contributed by atoms with Crippen molar-refractivity contribution in [3.8, 4) is 28.8 Å². The van der Waals surface area contributed by atoms with Gasteiger partial charge in [-0.3, -0.25) is 4.90 Å². The summed E-state index contributed by atoms with van der Waals surface area (Å²) in [7, 11) is 0. The molecule has 1 unspecified atom stereocenters. The normalized spacial score (nSPS) is 18.1. The zero-order valence-electron chi connectivity index (χ0n) is 21.2. The Balaban J connectivity index is 1.50. The molecular formula is C27H34N6O3. The van der Waals surface area contributed by atoms with Gasteiger partial charge in [-0.05, 0) is 51.5 Å². The van der Waals surface area contributed by atoms with Gasteiger partial charge >= 0.3 is 0 Å². The molecule has 0 bridgehead atoms. The molecule has 3 N–H and O–H groups in total. The number of anilines is 1. The predicted octanol–water partition coefficient (Wildman–Crippen LogP) is 2.88. The van der Waals surface area contributed by atoms with E-state index in [4.69, 9.17) is 15.2 Å². The molecule has 2 fully saturated rings. The van der Waals surface area contributed by atoms with Gasteiger partial charge < -0.3 is 24.9 Å². The Bertz CT molecular complexity index is 1300. The molecule has 0 radical (unpaired) electrons. The Hall–Kier alpha value is -3.19. The average molecular weight is 491 g/mol. The first-order chi connectivity index (χ1) is 17.3. The summed E-state index contributed by atoms with van der Waals surface area (Å²) in [5, 5.41) is 11.6. The van der Waals surface area contributed by atoms with Crippen molar-refractivity contribution in [1.82, 2.24) is 24.4 Å². The van der Waals surface area contributed by atoms with Crippen molar-refractivity contribution in [2.45, 2.75) is 45.3 Å². The van der Waals surface area contributed by atoms with Crippen molar-refractivity contribution in [2.75, 3.05) is 45.2 Å². The van der Waals surface area contributed by atoms with Crippen LogP contribution in [0.3, 0.4) is 0 Å². The molecule has 1 atom stereocenters. The SMILES string of the molecule is CC(C)n1cc(-c2nc(N)ncc2OCCN2CCOCC2)c2cc(C#CC(C)(O)C3CC3)ncc21. The van der Waals surface area contributed by atoms with Crippen LogP contribution in [0.15, 0.2) is 24.7 Å². The van der Waals surface area contributed by atoms with Crippen LogP contribution in [0.25, 0.3) is 22.2 Å². The van der Waals surface area contributed by atoms with Crippen LogP contribution in [0.2, 0.25) is 0 Å². The zero-order chi connectivity index (χ0) is 25.3. The molecule has 1 aliphatic heterocycles. The van der Waals surface area contributed by atoms with Crippen molar-refractivity contribution in [1.29, 1.82) is 0 Å². The van der Waals surface area contributed by atoms with Gasteiger partial charge in [0.05, 0.1) is 31.1 Å². The van der Waals surface area contributed by atoms with Crippen LogP contribution in [0.5, 0.6) is 5.75 Å². The van der Waals surface area contributed by atoms with Crippen LogP contribution in [0, 0.1) is 17.8 Å². The van der Waals surface area contributed by atoms with Crippen molar-refractivity contribution >= 4 is 16.9 Å². The molecule has 5 rings (SSSR count). The van der Waals surface area contributed by atoms with E-state index in [-0.39, 0.29) is 17.9 Å². The molecule has 3 aromatic rings. The van der Waals surface area contributed by atoms with E-state index < -0.39 is 5.60 Å². The number of ether oxygens (including phenoxy) is 2. The number of hydrogen-bond donors (Lipinski definition) is 2. The summed E-state index contributed by atoms with van der Waals surface area (Å²) in [4.78, 5) is 15.7. The lowest BCUT2D eigenvalue weighted by Gasteiger charge is -2.26. The van der Waals surface area contributed by atoms with Gasteiger partial charge in [-0.1, -0.05) is 5.92 Å². The van der Waals surface area contributed by atoms with E-state index in [0.717, 1.165) is 62.2 Å². The highest BCUT2D eigenvalue weighted by Gasteiger charge is 2.38. The molecule has 9 nitrogen and oxygen atoms in total. The summed E-state index contributed by atoms with van der Waals surface area (Å²) >= 11 is 0. The number of rotatable bonds is 7. The number of pyridine rings is 1. The molecule has 190 valence electrons. The first kappa shape index (κ1) is 24.5. The number of nitrogens with two attached hydrogens (primary N) is 1. The Morgan fingerprint density at radius 3 is 2.75 bits per heavy atom. The van der Waals surface area contributed by atoms with Crippen molar-refractivity contribution in [3.05, 3.63) is 30.4 Å². The third-order valence-electron chi connectivity index (χ3n) is 6.89.